The highest BCUT2D eigenvalue weighted by Crippen LogP contribution is 2.42. The van der Waals surface area contributed by atoms with Crippen LogP contribution >= 0.6 is 11.3 Å². The van der Waals surface area contributed by atoms with E-state index in [1.807, 2.05) is 11.8 Å². The third-order valence-electron chi connectivity index (χ3n) is 5.50. The summed E-state index contributed by atoms with van der Waals surface area (Å²) in [6, 6.07) is 7.70. The monoisotopic (exact) mass is 421 g/mol. The number of carbonyl (C=O) groups is 1. The highest BCUT2D eigenvalue weighted by Gasteiger charge is 2.61. The van der Waals surface area contributed by atoms with Gasteiger partial charge in [-0.1, -0.05) is 0 Å². The Labute approximate surface area is 176 Å². The maximum absolute atomic E-state index is 13.1. The highest BCUT2D eigenvalue weighted by molar-refractivity contribution is 7.17. The Morgan fingerprint density at radius 3 is 2.80 bits per heavy atom. The molecule has 2 saturated heterocycles. The Kier molecular flexibility index (Phi) is 4.37. The quantitative estimate of drug-likeness (QED) is 0.474. The van der Waals surface area contributed by atoms with Crippen LogP contribution in [0.2, 0.25) is 0 Å². The van der Waals surface area contributed by atoms with E-state index in [9.17, 15) is 9.18 Å². The molecular formula is C21H16FN5O2S. The predicted molar refractivity (Wildman–Crippen MR) is 107 cm³/mol. The molecule has 7 nitrogen and oxygen atoms in total. The van der Waals surface area contributed by atoms with Crippen LogP contribution in [0.4, 0.5) is 4.39 Å². The summed E-state index contributed by atoms with van der Waals surface area (Å²) >= 11 is 1.29. The molecule has 0 spiro atoms. The molecular weight excluding hydrogens is 405 g/mol. The number of thiazole rings is 1. The lowest BCUT2D eigenvalue weighted by atomic mass is 10.2. The number of nitrogens with zero attached hydrogens (tertiary/aromatic N) is 5. The van der Waals surface area contributed by atoms with Gasteiger partial charge in [-0.3, -0.25) is 9.78 Å². The van der Waals surface area contributed by atoms with Crippen molar-refractivity contribution in [3.8, 4) is 28.1 Å². The first-order valence-corrected chi connectivity index (χ1v) is 10.2. The van der Waals surface area contributed by atoms with Crippen LogP contribution in [-0.4, -0.2) is 50.3 Å². The molecule has 2 aromatic heterocycles. The van der Waals surface area contributed by atoms with Crippen molar-refractivity contribution in [2.75, 3.05) is 6.54 Å². The number of amides is 1. The van der Waals surface area contributed by atoms with Crippen LogP contribution in [0.25, 0.3) is 10.4 Å². The minimum atomic E-state index is -0.341. The SMILES string of the molecule is CC1[C@H]2C(CN1C#N)N2C(=O)c1ncc(-c2ccncc2Oc2ccc(F)cc2)s1. The number of piperazine rings is 1. The van der Waals surface area contributed by atoms with Gasteiger partial charge in [0.05, 0.1) is 35.7 Å². The molecule has 3 atom stereocenters. The molecule has 4 heterocycles. The van der Waals surface area contributed by atoms with Crippen LogP contribution in [0.15, 0.2) is 48.9 Å². The van der Waals surface area contributed by atoms with Crippen LogP contribution in [0, 0.1) is 17.3 Å². The molecule has 1 aromatic carbocycles. The van der Waals surface area contributed by atoms with Gasteiger partial charge in [-0.2, -0.15) is 5.26 Å². The van der Waals surface area contributed by atoms with Crippen molar-refractivity contribution in [2.45, 2.75) is 25.0 Å². The fourth-order valence-electron chi connectivity index (χ4n) is 3.92. The Hall–Kier alpha value is -3.51. The first kappa shape index (κ1) is 18.5. The molecule has 1 amide bonds. The molecule has 0 bridgehead atoms. The van der Waals surface area contributed by atoms with E-state index in [0.29, 0.717) is 23.1 Å². The van der Waals surface area contributed by atoms with E-state index in [1.54, 1.807) is 41.7 Å². The Balaban J connectivity index is 1.36. The molecule has 2 aliphatic rings. The summed E-state index contributed by atoms with van der Waals surface area (Å²) in [6.07, 6.45) is 7.03. The number of ether oxygens (including phenoxy) is 1. The van der Waals surface area contributed by atoms with Gasteiger partial charge < -0.3 is 14.5 Å². The average molecular weight is 421 g/mol. The second-order valence-electron chi connectivity index (χ2n) is 7.22. The lowest BCUT2D eigenvalue weighted by molar-refractivity contribution is 0.0832. The molecule has 5 rings (SSSR count). The van der Waals surface area contributed by atoms with E-state index in [-0.39, 0.29) is 29.8 Å². The first-order valence-electron chi connectivity index (χ1n) is 9.39. The second kappa shape index (κ2) is 7.07. The van der Waals surface area contributed by atoms with Crippen molar-refractivity contribution >= 4 is 17.2 Å². The van der Waals surface area contributed by atoms with Crippen LogP contribution in [-0.2, 0) is 0 Å². The fourth-order valence-corrected chi connectivity index (χ4v) is 4.81. The van der Waals surface area contributed by atoms with E-state index in [1.165, 1.54) is 23.5 Å². The van der Waals surface area contributed by atoms with Gasteiger partial charge in [0.25, 0.3) is 5.91 Å². The normalized spacial score (nSPS) is 21.8. The minimum Gasteiger partial charge on any atom is -0.455 e. The number of hydrogen-bond donors (Lipinski definition) is 0. The number of benzene rings is 1. The van der Waals surface area contributed by atoms with Gasteiger partial charge >= 0.3 is 0 Å². The summed E-state index contributed by atoms with van der Waals surface area (Å²) in [5.41, 5.74) is 0.751. The molecule has 30 heavy (non-hydrogen) atoms. The van der Waals surface area contributed by atoms with Crippen molar-refractivity contribution in [2.24, 2.45) is 0 Å². The molecule has 2 aliphatic heterocycles. The van der Waals surface area contributed by atoms with Gasteiger partial charge in [-0.15, -0.1) is 11.3 Å². The Morgan fingerprint density at radius 1 is 1.30 bits per heavy atom. The maximum atomic E-state index is 13.1. The molecule has 0 aliphatic carbocycles. The number of aromatic nitrogens is 2. The van der Waals surface area contributed by atoms with Crippen molar-refractivity contribution in [3.05, 3.63) is 59.7 Å². The van der Waals surface area contributed by atoms with Gasteiger partial charge in [0, 0.05) is 18.0 Å². The second-order valence-corrected chi connectivity index (χ2v) is 8.25. The van der Waals surface area contributed by atoms with Crippen molar-refractivity contribution in [3.63, 3.8) is 0 Å². The zero-order valence-corrected chi connectivity index (χ0v) is 16.7. The number of carbonyl (C=O) groups excluding carboxylic acids is 1. The molecule has 0 N–H and O–H groups in total. The molecule has 3 aromatic rings. The number of hydrogen-bond acceptors (Lipinski definition) is 7. The van der Waals surface area contributed by atoms with Gasteiger partial charge in [-0.05, 0) is 37.3 Å². The van der Waals surface area contributed by atoms with E-state index < -0.39 is 0 Å². The summed E-state index contributed by atoms with van der Waals surface area (Å²) in [4.78, 5) is 25.6. The molecule has 0 saturated carbocycles. The van der Waals surface area contributed by atoms with Gasteiger partial charge in [0.15, 0.2) is 17.0 Å². The average Bonchev–Trinajstić information content (AvgIpc) is 3.08. The lowest BCUT2D eigenvalue weighted by Gasteiger charge is -2.20. The van der Waals surface area contributed by atoms with Crippen molar-refractivity contribution < 1.29 is 13.9 Å². The number of nitriles is 1. The smallest absolute Gasteiger partial charge is 0.283 e. The summed E-state index contributed by atoms with van der Waals surface area (Å²) < 4.78 is 19.0. The lowest BCUT2D eigenvalue weighted by Crippen LogP contribution is -2.35. The maximum Gasteiger partial charge on any atom is 0.283 e. The van der Waals surface area contributed by atoms with Crippen molar-refractivity contribution in [1.29, 1.82) is 5.26 Å². The topological polar surface area (TPSA) is 82.1 Å². The highest BCUT2D eigenvalue weighted by atomic mass is 32.1. The molecule has 150 valence electrons. The number of pyridine rings is 1. The van der Waals surface area contributed by atoms with E-state index >= 15 is 0 Å². The summed E-state index contributed by atoms with van der Waals surface area (Å²) in [5, 5.41) is 9.52. The summed E-state index contributed by atoms with van der Waals surface area (Å²) in [7, 11) is 0. The Morgan fingerprint density at radius 2 is 2.10 bits per heavy atom. The predicted octanol–water partition coefficient (Wildman–Crippen LogP) is 3.51. The van der Waals surface area contributed by atoms with Crippen LogP contribution in [0.1, 0.15) is 16.7 Å². The van der Waals surface area contributed by atoms with Crippen LogP contribution in [0.5, 0.6) is 11.5 Å². The largest absolute Gasteiger partial charge is 0.455 e. The zero-order valence-electron chi connectivity index (χ0n) is 15.9. The van der Waals surface area contributed by atoms with E-state index in [4.69, 9.17) is 10.00 Å². The summed E-state index contributed by atoms with van der Waals surface area (Å²) in [6.45, 7) is 2.54. The van der Waals surface area contributed by atoms with E-state index in [0.717, 1.165) is 10.4 Å². The fraction of sp³-hybridized carbons (Fsp3) is 0.238. The van der Waals surface area contributed by atoms with Gasteiger partial charge in [-0.25, -0.2) is 9.37 Å². The minimum absolute atomic E-state index is 0.0271. The number of fused-ring (bicyclic) bond motifs is 1. The number of rotatable bonds is 4. The van der Waals surface area contributed by atoms with Gasteiger partial charge in [0.2, 0.25) is 0 Å². The van der Waals surface area contributed by atoms with Crippen LogP contribution in [0.3, 0.4) is 0 Å². The Bertz CT molecular complexity index is 1160. The third-order valence-corrected chi connectivity index (χ3v) is 6.51. The first-order chi connectivity index (χ1) is 14.6. The number of likely N-dealkylation sites (tertiary alicyclic amines) is 1. The number of halogens is 1. The molecule has 2 unspecified atom stereocenters. The molecule has 2 fully saturated rings. The standard InChI is InChI=1S/C21H16FN5O2S/c1-12-19-16(10-26(12)11-23)27(19)21(28)20-25-9-18(30-20)15-6-7-24-8-17(15)29-14-4-2-13(22)3-5-14/h2-9,12,16,19H,10H2,1H3/t12?,16?,19-,27?/m0/s1. The van der Waals surface area contributed by atoms with E-state index in [2.05, 4.69) is 16.2 Å². The third kappa shape index (κ3) is 3.06. The van der Waals surface area contributed by atoms with Gasteiger partial charge in [0.1, 0.15) is 11.6 Å². The van der Waals surface area contributed by atoms with Crippen molar-refractivity contribution in [1.82, 2.24) is 19.8 Å². The molecule has 9 heteroatoms. The summed E-state index contributed by atoms with van der Waals surface area (Å²) in [5.74, 6) is 0.528. The van der Waals surface area contributed by atoms with Crippen LogP contribution < -0.4 is 4.74 Å². The molecule has 0 radical (unpaired) electrons. The zero-order chi connectivity index (χ0) is 20.8.